The van der Waals surface area contributed by atoms with Gasteiger partial charge in [0.25, 0.3) is 11.8 Å². The topological polar surface area (TPSA) is 358 Å². The molecule has 468 valence electrons. The number of anilines is 2. The third kappa shape index (κ3) is 19.9. The van der Waals surface area contributed by atoms with Gasteiger partial charge in [-0.15, -0.1) is 0 Å². The van der Waals surface area contributed by atoms with Crippen LogP contribution in [0.3, 0.4) is 0 Å². The number of carbonyl (C=O) groups excluding carboxylic acids is 4. The summed E-state index contributed by atoms with van der Waals surface area (Å²) in [5, 5.41) is 78.2. The fourth-order valence-corrected chi connectivity index (χ4v) is 10.4. The minimum Gasteiger partial charge on any atom is -0.506 e. The monoisotopic (exact) mass is 1190 g/mol. The molecule has 2 aliphatic rings. The maximum absolute atomic E-state index is 13.5. The summed E-state index contributed by atoms with van der Waals surface area (Å²) in [4.78, 5) is 65.7. The molecule has 12 atom stereocenters. The minimum absolute atomic E-state index is 0.0574. The molecule has 0 aromatic heterocycles. The van der Waals surface area contributed by atoms with Crippen molar-refractivity contribution >= 4 is 59.1 Å². The maximum Gasteiger partial charge on any atom is 0.405 e. The Morgan fingerprint density at radius 1 is 0.671 bits per heavy atom. The molecule has 0 spiro atoms. The molecule has 2 heterocycles. The molecule has 4 bridgehead atoms. The van der Waals surface area contributed by atoms with Crippen LogP contribution < -0.4 is 27.6 Å². The van der Waals surface area contributed by atoms with Crippen molar-refractivity contribution < 1.29 is 78.3 Å². The van der Waals surface area contributed by atoms with Crippen LogP contribution in [0.15, 0.2) is 93.0 Å². The van der Waals surface area contributed by atoms with E-state index in [1.807, 2.05) is 13.8 Å². The largest absolute Gasteiger partial charge is 0.506 e. The number of phenols is 4. The number of amides is 3. The number of aliphatic hydroxyl groups is 2. The number of rotatable bonds is 14. The van der Waals surface area contributed by atoms with Crippen molar-refractivity contribution in [3.05, 3.63) is 94.2 Å². The van der Waals surface area contributed by atoms with E-state index in [0.717, 1.165) is 0 Å². The predicted molar refractivity (Wildman–Crippen MR) is 325 cm³/mol. The Bertz CT molecular complexity index is 2880. The lowest BCUT2D eigenvalue weighted by atomic mass is 9.86. The van der Waals surface area contributed by atoms with E-state index in [1.165, 1.54) is 58.8 Å². The number of nitrogens with zero attached hydrogens (tertiary/aromatic N) is 2. The molecule has 23 heteroatoms. The van der Waals surface area contributed by atoms with Crippen LogP contribution in [0.1, 0.15) is 92.2 Å². The Labute approximate surface area is 498 Å². The van der Waals surface area contributed by atoms with Crippen molar-refractivity contribution in [2.75, 3.05) is 52.2 Å². The number of carbonyl (C=O) groups is 4. The van der Waals surface area contributed by atoms with E-state index in [1.54, 1.807) is 84.4 Å². The molecular weight excluding hydrogens is 1100 g/mol. The third-order valence-electron chi connectivity index (χ3n) is 15.1. The molecule has 0 fully saturated rings. The number of ether oxygens (including phenoxy) is 5. The van der Waals surface area contributed by atoms with E-state index in [9.17, 15) is 49.8 Å². The number of nitrogens with two attached hydrogens (primary N) is 2. The van der Waals surface area contributed by atoms with E-state index in [4.69, 9.17) is 35.3 Å². The number of aliphatic imine (C=N–C) groups is 2. The Morgan fingerprint density at radius 3 is 1.49 bits per heavy atom. The second-order valence-corrected chi connectivity index (χ2v) is 21.9. The number of allylic oxidation sites excluding steroid dienone is 4. The lowest BCUT2D eigenvalue weighted by Crippen LogP contribution is -2.37. The van der Waals surface area contributed by atoms with Crippen LogP contribution in [0, 0.1) is 29.6 Å². The van der Waals surface area contributed by atoms with Crippen LogP contribution in [0.5, 0.6) is 23.0 Å². The van der Waals surface area contributed by atoms with Crippen LogP contribution in [0.2, 0.25) is 0 Å². The Hall–Kier alpha value is -7.22. The number of benzene rings is 2. The van der Waals surface area contributed by atoms with Gasteiger partial charge in [-0.2, -0.15) is 5.90 Å². The summed E-state index contributed by atoms with van der Waals surface area (Å²) < 4.78 is 28.3. The molecule has 12 unspecified atom stereocenters. The van der Waals surface area contributed by atoms with Gasteiger partial charge in [0.1, 0.15) is 46.4 Å². The first-order valence-corrected chi connectivity index (χ1v) is 28.3. The number of fused-ring (bicyclic) bond motifs is 4. The van der Waals surface area contributed by atoms with Crippen molar-refractivity contribution in [1.29, 1.82) is 0 Å². The van der Waals surface area contributed by atoms with Gasteiger partial charge in [-0.1, -0.05) is 81.9 Å². The highest BCUT2D eigenvalue weighted by Crippen LogP contribution is 2.46. The quantitative estimate of drug-likeness (QED) is 0.0218. The first-order chi connectivity index (χ1) is 40.3. The van der Waals surface area contributed by atoms with Crippen LogP contribution in [0.4, 0.5) is 27.5 Å². The van der Waals surface area contributed by atoms with E-state index >= 15 is 0 Å². The SMILES string of the molecule is COC1C=CC=C(C)C(=O)Nc2cc(O)c(N=CCCNCCC=Nc3c(O)cc4c(O)c3CC(C)CC(OC)C(O)C(C)C=C(C)C(C(=O)ON)C(OC)C=CC=C(C)C(=O)N4)c(c2O)CC(C)CC(OC)C(O)C(C)C=C(C)C1OC(N)=O. The molecule has 0 saturated carbocycles. The maximum atomic E-state index is 13.5. The fraction of sp³-hybridized carbons (Fsp3) is 0.516. The molecule has 4 rings (SSSR count). The van der Waals surface area contributed by atoms with E-state index < -0.39 is 84.4 Å². The third-order valence-corrected chi connectivity index (χ3v) is 15.1. The van der Waals surface area contributed by atoms with Gasteiger partial charge in [0.2, 0.25) is 0 Å². The van der Waals surface area contributed by atoms with Crippen molar-refractivity contribution in [3.8, 4) is 23.0 Å². The zero-order valence-electron chi connectivity index (χ0n) is 50.8. The van der Waals surface area contributed by atoms with Crippen molar-refractivity contribution in [2.45, 2.75) is 137 Å². The second-order valence-electron chi connectivity index (χ2n) is 21.9. The van der Waals surface area contributed by atoms with Crippen LogP contribution in [-0.2, 0) is 55.7 Å². The Kier molecular flexibility index (Phi) is 28.2. The average Bonchev–Trinajstić information content (AvgIpc) is 3.54. The Balaban J connectivity index is 1.57. The van der Waals surface area contributed by atoms with Crippen LogP contribution in [-0.4, -0.2) is 151 Å². The molecule has 2 aromatic rings. The van der Waals surface area contributed by atoms with Gasteiger partial charge < -0.3 is 80.8 Å². The summed E-state index contributed by atoms with van der Waals surface area (Å²) in [6.07, 6.45) is 10.3. The summed E-state index contributed by atoms with van der Waals surface area (Å²) in [7, 11) is 5.78. The van der Waals surface area contributed by atoms with Gasteiger partial charge in [0.05, 0.1) is 41.9 Å². The number of methoxy groups -OCH3 is 4. The molecule has 23 nitrogen and oxygen atoms in total. The molecule has 0 radical (unpaired) electrons. The van der Waals surface area contributed by atoms with Gasteiger partial charge in [-0.25, -0.2) is 9.59 Å². The molecule has 13 N–H and O–H groups in total. The summed E-state index contributed by atoms with van der Waals surface area (Å²) in [5.41, 5.74) is 7.50. The zero-order valence-corrected chi connectivity index (χ0v) is 50.8. The van der Waals surface area contributed by atoms with Crippen molar-refractivity contribution in [2.24, 2.45) is 51.2 Å². The highest BCUT2D eigenvalue weighted by molar-refractivity contribution is 6.05. The number of aromatic hydroxyl groups is 4. The number of phenolic OH excluding ortho intramolecular Hbond substituents is 4. The fourth-order valence-electron chi connectivity index (χ4n) is 10.4. The van der Waals surface area contributed by atoms with Crippen LogP contribution >= 0.6 is 0 Å². The minimum atomic E-state index is -1.05. The predicted octanol–water partition coefficient (Wildman–Crippen LogP) is 7.47. The smallest absolute Gasteiger partial charge is 0.405 e. The summed E-state index contributed by atoms with van der Waals surface area (Å²) in [6.45, 7) is 14.7. The van der Waals surface area contributed by atoms with Gasteiger partial charge in [-0.05, 0) is 83.6 Å². The first kappa shape index (κ1) is 70.3. The molecule has 0 aliphatic carbocycles. The van der Waals surface area contributed by atoms with E-state index in [0.29, 0.717) is 43.5 Å². The number of nitrogens with one attached hydrogen (secondary N) is 3. The Morgan fingerprint density at radius 2 is 1.09 bits per heavy atom. The number of primary amides is 1. The van der Waals surface area contributed by atoms with Gasteiger partial charge in [0, 0.05) is 100 Å². The lowest BCUT2D eigenvalue weighted by Gasteiger charge is -2.29. The summed E-state index contributed by atoms with van der Waals surface area (Å²) in [5.74, 6) is -0.450. The number of hydrogen-bond donors (Lipinski definition) is 11. The molecule has 3 amide bonds. The summed E-state index contributed by atoms with van der Waals surface area (Å²) >= 11 is 0. The standard InChI is InChI=1S/C62H89N7O16/c1-33-25-41-52(45(70)31-43(56(41)74)68-59(76)35(3)17-13-19-47(80-9)51(61(78)85-64)37(5)29-38(6)54(72)49(27-33)82-11)66-23-15-21-65-22-16-24-67-53-42-26-34(2)28-50(83-12)55(73)39(7)30-40(8)58(84-62(63)79)48(81-10)20-14-18-36(4)60(77)69-44(57(42)75)32-46(53)71/h13-14,17-20,23-24,29-34,38-39,47-51,54-55,58,65,70-75H,15-16,21-22,25-28,64H2,1-12H3,(H2,63,79)(H,68,76)(H,69,77). The lowest BCUT2D eigenvalue weighted by molar-refractivity contribution is -0.151. The number of aliphatic hydroxyl groups excluding tert-OH is 2. The van der Waals surface area contributed by atoms with Gasteiger partial charge in [0.15, 0.2) is 6.10 Å². The summed E-state index contributed by atoms with van der Waals surface area (Å²) in [6, 6.07) is 2.43. The number of hydrogen-bond acceptors (Lipinski definition) is 20. The molecular formula is C62H89N7O16. The highest BCUT2D eigenvalue weighted by atomic mass is 16.7. The average molecular weight is 1190 g/mol. The van der Waals surface area contributed by atoms with Crippen LogP contribution in [0.25, 0.3) is 0 Å². The second kappa shape index (κ2) is 34.1. The highest BCUT2D eigenvalue weighted by Gasteiger charge is 2.34. The van der Waals surface area contributed by atoms with Crippen molar-refractivity contribution in [3.63, 3.8) is 0 Å². The zero-order chi connectivity index (χ0) is 63.2. The van der Waals surface area contributed by atoms with Gasteiger partial charge >= 0.3 is 12.1 Å². The van der Waals surface area contributed by atoms with Gasteiger partial charge in [-0.3, -0.25) is 19.6 Å². The molecule has 2 aromatic carbocycles. The van der Waals surface area contributed by atoms with E-state index in [2.05, 4.69) is 30.8 Å². The molecule has 2 aliphatic heterocycles. The molecule has 0 saturated heterocycles. The molecule has 85 heavy (non-hydrogen) atoms. The van der Waals surface area contributed by atoms with E-state index in [-0.39, 0.29) is 99.1 Å². The normalized spacial score (nSPS) is 26.5. The first-order valence-electron chi connectivity index (χ1n) is 28.3. The van der Waals surface area contributed by atoms with Crippen molar-refractivity contribution in [1.82, 2.24) is 5.32 Å².